The van der Waals surface area contributed by atoms with Gasteiger partial charge in [-0.2, -0.15) is 0 Å². The molecule has 0 aliphatic heterocycles. The summed E-state index contributed by atoms with van der Waals surface area (Å²) in [6, 6.07) is 13.0. The summed E-state index contributed by atoms with van der Waals surface area (Å²) in [5.41, 5.74) is 6.10. The first-order valence-corrected chi connectivity index (χ1v) is 10.4. The molecule has 0 aliphatic rings. The number of aryl methyl sites for hydroxylation is 3. The highest BCUT2D eigenvalue weighted by Crippen LogP contribution is 2.26. The lowest BCUT2D eigenvalue weighted by Crippen LogP contribution is -2.14. The van der Waals surface area contributed by atoms with E-state index in [1.807, 2.05) is 12.1 Å². The molecule has 0 saturated carbocycles. The minimum absolute atomic E-state index is 0.167. The normalized spacial score (nSPS) is 10.8. The van der Waals surface area contributed by atoms with E-state index in [0.717, 1.165) is 16.8 Å². The molecule has 0 unspecified atom stereocenters. The maximum absolute atomic E-state index is 12.1. The van der Waals surface area contributed by atoms with Crippen LogP contribution in [0.1, 0.15) is 16.7 Å². The standard InChI is InChI=1S/C21H19Cl2N3OS/c1-12-6-14(3)18(7-13(12)2)19-4-5-21(26-25-19)28-11-20(27)24-17-9-15(22)8-16(23)10-17/h4-10H,11H2,1-3H3,(H,24,27). The maximum Gasteiger partial charge on any atom is 0.234 e. The van der Waals surface area contributed by atoms with Crippen LogP contribution in [0.15, 0.2) is 47.5 Å². The van der Waals surface area contributed by atoms with Gasteiger partial charge in [-0.25, -0.2) is 0 Å². The summed E-state index contributed by atoms with van der Waals surface area (Å²) < 4.78 is 0. The van der Waals surface area contributed by atoms with E-state index in [1.54, 1.807) is 18.2 Å². The average molecular weight is 432 g/mol. The number of thioether (sulfide) groups is 1. The highest BCUT2D eigenvalue weighted by atomic mass is 35.5. The second kappa shape index (κ2) is 8.95. The third kappa shape index (κ3) is 5.25. The minimum Gasteiger partial charge on any atom is -0.325 e. The van der Waals surface area contributed by atoms with Crippen molar-refractivity contribution in [2.75, 3.05) is 11.1 Å². The maximum atomic E-state index is 12.1. The van der Waals surface area contributed by atoms with E-state index in [2.05, 4.69) is 48.4 Å². The first-order chi connectivity index (χ1) is 13.3. The van der Waals surface area contributed by atoms with Gasteiger partial charge >= 0.3 is 0 Å². The number of nitrogens with zero attached hydrogens (tertiary/aromatic N) is 2. The van der Waals surface area contributed by atoms with E-state index in [1.165, 1.54) is 22.9 Å². The Labute approximate surface area is 178 Å². The second-order valence-electron chi connectivity index (χ2n) is 6.50. The van der Waals surface area contributed by atoms with Gasteiger partial charge in [0.05, 0.1) is 11.4 Å². The largest absolute Gasteiger partial charge is 0.325 e. The molecule has 1 N–H and O–H groups in total. The van der Waals surface area contributed by atoms with Crippen molar-refractivity contribution in [3.63, 3.8) is 0 Å². The van der Waals surface area contributed by atoms with Crippen molar-refractivity contribution in [2.24, 2.45) is 0 Å². The number of carbonyl (C=O) groups excluding carboxylic acids is 1. The molecule has 7 heteroatoms. The zero-order chi connectivity index (χ0) is 20.3. The van der Waals surface area contributed by atoms with Gasteiger partial charge < -0.3 is 5.32 Å². The highest BCUT2D eigenvalue weighted by Gasteiger charge is 2.09. The van der Waals surface area contributed by atoms with Gasteiger partial charge in [0.2, 0.25) is 5.91 Å². The number of hydrogen-bond donors (Lipinski definition) is 1. The Kier molecular flexibility index (Phi) is 6.60. The zero-order valence-electron chi connectivity index (χ0n) is 15.7. The van der Waals surface area contributed by atoms with Crippen LogP contribution in [0, 0.1) is 20.8 Å². The number of nitrogens with one attached hydrogen (secondary N) is 1. The van der Waals surface area contributed by atoms with Crippen molar-refractivity contribution < 1.29 is 4.79 Å². The minimum atomic E-state index is -0.167. The van der Waals surface area contributed by atoms with Crippen LogP contribution in [0.4, 0.5) is 5.69 Å². The molecule has 0 bridgehead atoms. The molecule has 1 aromatic heterocycles. The molecule has 4 nitrogen and oxygen atoms in total. The lowest BCUT2D eigenvalue weighted by molar-refractivity contribution is -0.113. The Morgan fingerprint density at radius 3 is 2.25 bits per heavy atom. The number of halogens is 2. The van der Waals surface area contributed by atoms with E-state index in [-0.39, 0.29) is 11.7 Å². The summed E-state index contributed by atoms with van der Waals surface area (Å²) in [7, 11) is 0. The Morgan fingerprint density at radius 2 is 1.61 bits per heavy atom. The summed E-state index contributed by atoms with van der Waals surface area (Å²) in [6.07, 6.45) is 0. The first-order valence-electron chi connectivity index (χ1n) is 8.62. The first kappa shape index (κ1) is 20.6. The van der Waals surface area contributed by atoms with Gasteiger partial charge in [0.15, 0.2) is 0 Å². The fraction of sp³-hybridized carbons (Fsp3) is 0.190. The van der Waals surface area contributed by atoms with Crippen LogP contribution >= 0.6 is 35.0 Å². The summed E-state index contributed by atoms with van der Waals surface area (Å²) in [6.45, 7) is 6.25. The van der Waals surface area contributed by atoms with Crippen LogP contribution in [0.3, 0.4) is 0 Å². The zero-order valence-corrected chi connectivity index (χ0v) is 18.0. The summed E-state index contributed by atoms with van der Waals surface area (Å²) in [5.74, 6) is 0.0418. The van der Waals surface area contributed by atoms with Gasteiger partial charge in [-0.1, -0.05) is 41.0 Å². The Bertz CT molecular complexity index is 1000. The lowest BCUT2D eigenvalue weighted by Gasteiger charge is -2.09. The molecular weight excluding hydrogens is 413 g/mol. The Balaban J connectivity index is 1.63. The molecule has 1 amide bonds. The van der Waals surface area contributed by atoms with Crippen LogP contribution in [0.5, 0.6) is 0 Å². The number of hydrogen-bond acceptors (Lipinski definition) is 4. The molecule has 0 radical (unpaired) electrons. The fourth-order valence-corrected chi connectivity index (χ4v) is 3.88. The monoisotopic (exact) mass is 431 g/mol. The third-order valence-electron chi connectivity index (χ3n) is 4.25. The highest BCUT2D eigenvalue weighted by molar-refractivity contribution is 7.99. The van der Waals surface area contributed by atoms with Crippen molar-refractivity contribution in [1.82, 2.24) is 10.2 Å². The van der Waals surface area contributed by atoms with E-state index < -0.39 is 0 Å². The topological polar surface area (TPSA) is 54.9 Å². The van der Waals surface area contributed by atoms with Gasteiger partial charge in [0.1, 0.15) is 5.03 Å². The van der Waals surface area contributed by atoms with Gasteiger partial charge in [0, 0.05) is 21.3 Å². The molecule has 0 aliphatic carbocycles. The molecule has 1 heterocycles. The summed E-state index contributed by atoms with van der Waals surface area (Å²) in [5, 5.41) is 13.0. The summed E-state index contributed by atoms with van der Waals surface area (Å²) in [4.78, 5) is 12.1. The van der Waals surface area contributed by atoms with Crippen molar-refractivity contribution in [3.8, 4) is 11.3 Å². The number of rotatable bonds is 5. The van der Waals surface area contributed by atoms with Crippen LogP contribution in [-0.2, 0) is 4.79 Å². The smallest absolute Gasteiger partial charge is 0.234 e. The van der Waals surface area contributed by atoms with Crippen molar-refractivity contribution in [3.05, 3.63) is 69.2 Å². The Morgan fingerprint density at radius 1 is 0.929 bits per heavy atom. The number of benzene rings is 2. The molecular formula is C21H19Cl2N3OS. The SMILES string of the molecule is Cc1cc(C)c(-c2ccc(SCC(=O)Nc3cc(Cl)cc(Cl)c3)nn2)cc1C. The second-order valence-corrected chi connectivity index (χ2v) is 8.37. The number of anilines is 1. The molecule has 0 fully saturated rings. The molecule has 0 saturated heterocycles. The molecule has 0 spiro atoms. The van der Waals surface area contributed by atoms with Gasteiger partial charge in [0.25, 0.3) is 0 Å². The fourth-order valence-electron chi connectivity index (χ4n) is 2.74. The quantitative estimate of drug-likeness (QED) is 0.495. The predicted octanol–water partition coefficient (Wildman–Crippen LogP) is 6.11. The molecule has 3 rings (SSSR count). The molecule has 144 valence electrons. The third-order valence-corrected chi connectivity index (χ3v) is 5.61. The van der Waals surface area contributed by atoms with Crippen molar-refractivity contribution in [1.29, 1.82) is 0 Å². The number of aromatic nitrogens is 2. The molecule has 3 aromatic rings. The van der Waals surface area contributed by atoms with Crippen molar-refractivity contribution >= 4 is 46.6 Å². The van der Waals surface area contributed by atoms with Crippen LogP contribution < -0.4 is 5.32 Å². The van der Waals surface area contributed by atoms with Crippen molar-refractivity contribution in [2.45, 2.75) is 25.8 Å². The molecule has 0 atom stereocenters. The number of carbonyl (C=O) groups is 1. The molecule has 2 aromatic carbocycles. The van der Waals surface area contributed by atoms with E-state index >= 15 is 0 Å². The Hall–Kier alpha value is -2.08. The molecule has 28 heavy (non-hydrogen) atoms. The van der Waals surface area contributed by atoms with E-state index in [9.17, 15) is 4.79 Å². The van der Waals surface area contributed by atoms with Gasteiger partial charge in [-0.3, -0.25) is 4.79 Å². The predicted molar refractivity (Wildman–Crippen MR) is 117 cm³/mol. The van der Waals surface area contributed by atoms with Gasteiger partial charge in [-0.15, -0.1) is 10.2 Å². The number of amides is 1. The average Bonchev–Trinajstić information content (AvgIpc) is 2.63. The van der Waals surface area contributed by atoms with Crippen LogP contribution in [0.2, 0.25) is 10.0 Å². The lowest BCUT2D eigenvalue weighted by atomic mass is 9.99. The summed E-state index contributed by atoms with van der Waals surface area (Å²) >= 11 is 13.2. The van der Waals surface area contributed by atoms with Gasteiger partial charge in [-0.05, 0) is 73.9 Å². The van der Waals surface area contributed by atoms with E-state index in [4.69, 9.17) is 23.2 Å². The van der Waals surface area contributed by atoms with Crippen LogP contribution in [0.25, 0.3) is 11.3 Å². The van der Waals surface area contributed by atoms with Crippen LogP contribution in [-0.4, -0.2) is 21.9 Å². The van der Waals surface area contributed by atoms with E-state index in [0.29, 0.717) is 20.8 Å².